The first kappa shape index (κ1) is 9.00. The summed E-state index contributed by atoms with van der Waals surface area (Å²) in [5, 5.41) is 0. The molecule has 2 aliphatic rings. The van der Waals surface area contributed by atoms with Gasteiger partial charge in [-0.15, -0.1) is 0 Å². The van der Waals surface area contributed by atoms with Gasteiger partial charge in [0.2, 0.25) is 5.91 Å². The molecule has 0 aromatic rings. The third-order valence-electron chi connectivity index (χ3n) is 3.44. The molecular weight excluding hydrogens is 166 g/mol. The number of hydrogen-bond acceptors (Lipinski definition) is 2. The maximum atomic E-state index is 12.0. The summed E-state index contributed by atoms with van der Waals surface area (Å²) < 4.78 is 5.22. The second-order valence-electron chi connectivity index (χ2n) is 4.43. The highest BCUT2D eigenvalue weighted by Crippen LogP contribution is 2.52. The van der Waals surface area contributed by atoms with Gasteiger partial charge in [-0.1, -0.05) is 13.8 Å². The molecule has 0 radical (unpaired) electrons. The maximum absolute atomic E-state index is 12.0. The predicted octanol–water partition coefficient (Wildman–Crippen LogP) is 0.891. The summed E-state index contributed by atoms with van der Waals surface area (Å²) >= 11 is 0. The molecule has 2 unspecified atom stereocenters. The van der Waals surface area contributed by atoms with Crippen molar-refractivity contribution < 1.29 is 9.53 Å². The van der Waals surface area contributed by atoms with Crippen molar-refractivity contribution in [3.8, 4) is 0 Å². The van der Waals surface area contributed by atoms with Gasteiger partial charge in [0.1, 0.15) is 0 Å². The summed E-state index contributed by atoms with van der Waals surface area (Å²) in [6.45, 7) is 7.20. The van der Waals surface area contributed by atoms with E-state index in [1.165, 1.54) is 0 Å². The van der Waals surface area contributed by atoms with Crippen LogP contribution in [0.4, 0.5) is 0 Å². The number of carbonyl (C=O) groups is 1. The zero-order valence-electron chi connectivity index (χ0n) is 8.38. The normalized spacial score (nSPS) is 38.9. The van der Waals surface area contributed by atoms with Crippen LogP contribution in [0, 0.1) is 11.3 Å². The molecule has 1 heterocycles. The highest BCUT2D eigenvalue weighted by atomic mass is 16.5. The predicted molar refractivity (Wildman–Crippen MR) is 49.3 cm³/mol. The fraction of sp³-hybridized carbons (Fsp3) is 0.900. The van der Waals surface area contributed by atoms with Crippen molar-refractivity contribution >= 4 is 5.91 Å². The second kappa shape index (κ2) is 2.98. The van der Waals surface area contributed by atoms with E-state index in [-0.39, 0.29) is 5.41 Å². The Bertz CT molecular complexity index is 223. The van der Waals surface area contributed by atoms with Gasteiger partial charge >= 0.3 is 0 Å². The first-order chi connectivity index (χ1) is 6.14. The Hall–Kier alpha value is -0.570. The Morgan fingerprint density at radius 2 is 2.00 bits per heavy atom. The topological polar surface area (TPSA) is 29.5 Å². The van der Waals surface area contributed by atoms with Crippen LogP contribution < -0.4 is 0 Å². The average molecular weight is 183 g/mol. The molecule has 0 aromatic carbocycles. The van der Waals surface area contributed by atoms with Gasteiger partial charge in [-0.25, -0.2) is 0 Å². The van der Waals surface area contributed by atoms with Crippen LogP contribution in [0.15, 0.2) is 0 Å². The summed E-state index contributed by atoms with van der Waals surface area (Å²) in [4.78, 5) is 13.9. The highest BCUT2D eigenvalue weighted by Gasteiger charge is 2.54. The molecule has 0 N–H and O–H groups in total. The molecule has 3 nitrogen and oxygen atoms in total. The number of rotatable bonds is 1. The molecule has 0 bridgehead atoms. The van der Waals surface area contributed by atoms with Crippen molar-refractivity contribution in [1.82, 2.24) is 4.90 Å². The van der Waals surface area contributed by atoms with E-state index >= 15 is 0 Å². The minimum atomic E-state index is -0.0443. The summed E-state index contributed by atoms with van der Waals surface area (Å²) in [7, 11) is 0. The second-order valence-corrected chi connectivity index (χ2v) is 4.43. The molecule has 0 spiro atoms. The molecule has 1 aliphatic carbocycles. The Morgan fingerprint density at radius 3 is 2.46 bits per heavy atom. The molecule has 3 heteroatoms. The van der Waals surface area contributed by atoms with Crippen molar-refractivity contribution in [2.24, 2.45) is 11.3 Å². The van der Waals surface area contributed by atoms with E-state index in [1.54, 1.807) is 0 Å². The number of hydrogen-bond donors (Lipinski definition) is 0. The van der Waals surface area contributed by atoms with E-state index in [4.69, 9.17) is 4.74 Å². The third kappa shape index (κ3) is 1.46. The Balaban J connectivity index is 1.96. The first-order valence-corrected chi connectivity index (χ1v) is 5.02. The quantitative estimate of drug-likeness (QED) is 0.604. The summed E-state index contributed by atoms with van der Waals surface area (Å²) in [6.07, 6.45) is 1.06. The van der Waals surface area contributed by atoms with Crippen molar-refractivity contribution in [3.05, 3.63) is 0 Å². The van der Waals surface area contributed by atoms with Gasteiger partial charge in [0.05, 0.1) is 13.2 Å². The molecule has 1 aliphatic heterocycles. The molecule has 1 saturated carbocycles. The first-order valence-electron chi connectivity index (χ1n) is 5.02. The van der Waals surface area contributed by atoms with Gasteiger partial charge in [0.15, 0.2) is 0 Å². The average Bonchev–Trinajstić information content (AvgIpc) is 2.76. The fourth-order valence-corrected chi connectivity index (χ4v) is 2.00. The van der Waals surface area contributed by atoms with Gasteiger partial charge in [-0.3, -0.25) is 4.79 Å². The number of carbonyl (C=O) groups excluding carboxylic acids is 1. The number of amides is 1. The summed E-state index contributed by atoms with van der Waals surface area (Å²) in [5.41, 5.74) is -0.0443. The van der Waals surface area contributed by atoms with Crippen LogP contribution in [0.1, 0.15) is 20.3 Å². The molecule has 2 fully saturated rings. The molecule has 74 valence electrons. The molecule has 0 aromatic heterocycles. The van der Waals surface area contributed by atoms with Gasteiger partial charge in [0, 0.05) is 18.5 Å². The van der Waals surface area contributed by atoms with E-state index in [2.05, 4.69) is 13.8 Å². The lowest BCUT2D eigenvalue weighted by molar-refractivity contribution is -0.141. The monoisotopic (exact) mass is 183 g/mol. The van der Waals surface area contributed by atoms with Gasteiger partial charge in [0.25, 0.3) is 0 Å². The van der Waals surface area contributed by atoms with Crippen LogP contribution in [0.5, 0.6) is 0 Å². The van der Waals surface area contributed by atoms with Crippen LogP contribution in [-0.2, 0) is 9.53 Å². The molecule has 13 heavy (non-hydrogen) atoms. The fourth-order valence-electron chi connectivity index (χ4n) is 2.00. The van der Waals surface area contributed by atoms with Crippen LogP contribution >= 0.6 is 0 Å². The zero-order chi connectivity index (χ0) is 9.47. The maximum Gasteiger partial charge on any atom is 0.228 e. The molecule has 2 atom stereocenters. The van der Waals surface area contributed by atoms with E-state index in [1.807, 2.05) is 4.90 Å². The Morgan fingerprint density at radius 1 is 1.46 bits per heavy atom. The smallest absolute Gasteiger partial charge is 0.228 e. The SMILES string of the molecule is CC1CC1(C)C(=O)N1CCOCC1. The van der Waals surface area contributed by atoms with Crippen LogP contribution in [0.2, 0.25) is 0 Å². The Labute approximate surface area is 79.0 Å². The lowest BCUT2D eigenvalue weighted by Crippen LogP contribution is -2.44. The third-order valence-corrected chi connectivity index (χ3v) is 3.44. The van der Waals surface area contributed by atoms with E-state index in [9.17, 15) is 4.79 Å². The molecule has 2 rings (SSSR count). The zero-order valence-corrected chi connectivity index (χ0v) is 8.38. The van der Waals surface area contributed by atoms with Crippen LogP contribution in [0.3, 0.4) is 0 Å². The molecular formula is C10H17NO2. The minimum absolute atomic E-state index is 0.0443. The lowest BCUT2D eigenvalue weighted by atomic mass is 10.1. The highest BCUT2D eigenvalue weighted by molar-refractivity contribution is 5.85. The largest absolute Gasteiger partial charge is 0.378 e. The van der Waals surface area contributed by atoms with Crippen molar-refractivity contribution in [3.63, 3.8) is 0 Å². The van der Waals surface area contributed by atoms with E-state index < -0.39 is 0 Å². The summed E-state index contributed by atoms with van der Waals surface area (Å²) in [6, 6.07) is 0. The van der Waals surface area contributed by atoms with Gasteiger partial charge < -0.3 is 9.64 Å². The number of nitrogens with zero attached hydrogens (tertiary/aromatic N) is 1. The standard InChI is InChI=1S/C10H17NO2/c1-8-7-10(8,2)9(12)11-3-5-13-6-4-11/h8H,3-7H2,1-2H3. The minimum Gasteiger partial charge on any atom is -0.378 e. The van der Waals surface area contributed by atoms with Crippen molar-refractivity contribution in [2.45, 2.75) is 20.3 Å². The van der Waals surface area contributed by atoms with Crippen LogP contribution in [-0.4, -0.2) is 37.1 Å². The van der Waals surface area contributed by atoms with Crippen LogP contribution in [0.25, 0.3) is 0 Å². The van der Waals surface area contributed by atoms with Crippen molar-refractivity contribution in [2.75, 3.05) is 26.3 Å². The van der Waals surface area contributed by atoms with E-state index in [0.717, 1.165) is 19.5 Å². The van der Waals surface area contributed by atoms with E-state index in [0.29, 0.717) is 25.0 Å². The van der Waals surface area contributed by atoms with Crippen molar-refractivity contribution in [1.29, 1.82) is 0 Å². The Kier molecular flexibility index (Phi) is 2.06. The van der Waals surface area contributed by atoms with Gasteiger partial charge in [-0.2, -0.15) is 0 Å². The number of ether oxygens (including phenoxy) is 1. The lowest BCUT2D eigenvalue weighted by Gasteiger charge is -2.29. The van der Waals surface area contributed by atoms with Gasteiger partial charge in [-0.05, 0) is 12.3 Å². The molecule has 1 saturated heterocycles. The summed E-state index contributed by atoms with van der Waals surface area (Å²) in [5.74, 6) is 0.908. The number of morpholine rings is 1. The molecule has 1 amide bonds.